The summed E-state index contributed by atoms with van der Waals surface area (Å²) in [6.07, 6.45) is 0.242. The number of aryl methyl sites for hydroxylation is 1. The summed E-state index contributed by atoms with van der Waals surface area (Å²) in [5, 5.41) is 13.5. The Morgan fingerprint density at radius 3 is 2.22 bits per heavy atom. The standard InChI is InChI=1S/C44H48N4O11/c1-28-7-12-35-40(19-28)56-17-18-57-41-22-34(44-32-10-8-29(45(2)3)20-38(32)59-39-21-30(46(4)5)9-11-33(39)44)37(58-27-42(51)52)23-36(41)47(24-31(50)26-49)13-15-55-16-14-48(35)25-43(53)54-6/h7-12,19-23,26H,13-18,24-25,27H2,1-6H3. The first-order chi connectivity index (χ1) is 28.4. The van der Waals surface area contributed by atoms with Gasteiger partial charge in [0, 0.05) is 73.1 Å². The number of esters is 1. The van der Waals surface area contributed by atoms with Crippen LogP contribution in [0.15, 0.2) is 71.1 Å². The summed E-state index contributed by atoms with van der Waals surface area (Å²) in [4.78, 5) is 54.2. The third-order valence-electron chi connectivity index (χ3n) is 9.83. The van der Waals surface area contributed by atoms with Crippen LogP contribution in [0, 0.1) is 6.92 Å². The number of hydrogen-bond acceptors (Lipinski definition) is 14. The van der Waals surface area contributed by atoms with Gasteiger partial charge >= 0.3 is 5.97 Å². The van der Waals surface area contributed by atoms with Gasteiger partial charge in [0.25, 0.3) is 0 Å². The van der Waals surface area contributed by atoms with E-state index < -0.39 is 24.3 Å². The molecule has 3 aromatic rings. The van der Waals surface area contributed by atoms with Crippen LogP contribution in [-0.2, 0) is 28.7 Å². The molecule has 0 bridgehead atoms. The lowest BCUT2D eigenvalue weighted by molar-refractivity contribution is -0.307. The maximum Gasteiger partial charge on any atom is 0.325 e. The predicted octanol–water partition coefficient (Wildman–Crippen LogP) is 2.78. The second-order valence-corrected chi connectivity index (χ2v) is 14.4. The van der Waals surface area contributed by atoms with E-state index in [-0.39, 0.29) is 58.1 Å². The van der Waals surface area contributed by atoms with Crippen LogP contribution >= 0.6 is 0 Å². The minimum absolute atomic E-state index is 0.0199. The maximum absolute atomic E-state index is 12.8. The zero-order valence-corrected chi connectivity index (χ0v) is 34.1. The van der Waals surface area contributed by atoms with Crippen molar-refractivity contribution in [2.24, 2.45) is 0 Å². The first-order valence-corrected chi connectivity index (χ1v) is 19.0. The number of methoxy groups -OCH3 is 1. The van der Waals surface area contributed by atoms with Crippen LogP contribution in [0.4, 0.5) is 17.1 Å². The van der Waals surface area contributed by atoms with Crippen LogP contribution in [0.3, 0.4) is 0 Å². The Bertz CT molecular complexity index is 2400. The number of ketones is 1. The topological polar surface area (TPSA) is 163 Å². The Labute approximate surface area is 341 Å². The number of Topliss-reactive ketones (excluding diaryl/α,β-unsaturated/α-hetero) is 1. The zero-order chi connectivity index (χ0) is 42.2. The third kappa shape index (κ3) is 9.92. The van der Waals surface area contributed by atoms with Crippen LogP contribution in [0.25, 0.3) is 33.4 Å². The molecule has 0 saturated carbocycles. The van der Waals surface area contributed by atoms with E-state index >= 15 is 0 Å². The molecule has 2 aliphatic heterocycles. The van der Waals surface area contributed by atoms with Crippen LogP contribution in [0.1, 0.15) is 5.56 Å². The second-order valence-electron chi connectivity index (χ2n) is 14.4. The molecule has 2 heterocycles. The molecule has 0 fully saturated rings. The summed E-state index contributed by atoms with van der Waals surface area (Å²) in [5.41, 5.74) is 5.28. The fraction of sp³-hybridized carbons (Fsp3) is 0.341. The highest BCUT2D eigenvalue weighted by Gasteiger charge is 2.26. The molecule has 59 heavy (non-hydrogen) atoms. The van der Waals surface area contributed by atoms with Crippen molar-refractivity contribution in [1.29, 1.82) is 0 Å². The van der Waals surface area contributed by atoms with Gasteiger partial charge in [-0.2, -0.15) is 0 Å². The number of ether oxygens (including phenoxy) is 5. The van der Waals surface area contributed by atoms with Gasteiger partial charge in [-0.1, -0.05) is 6.07 Å². The Balaban J connectivity index is 1.55. The van der Waals surface area contributed by atoms with E-state index in [9.17, 15) is 24.3 Å². The summed E-state index contributed by atoms with van der Waals surface area (Å²) in [6.45, 7) is 1.56. The quantitative estimate of drug-likeness (QED) is 0.0666. The molecule has 0 spiro atoms. The van der Waals surface area contributed by atoms with Gasteiger partial charge in [-0.3, -0.25) is 14.4 Å². The molecule has 310 valence electrons. The van der Waals surface area contributed by atoms with E-state index in [1.807, 2.05) is 99.2 Å². The molecule has 6 rings (SSSR count). The molecule has 0 N–H and O–H groups in total. The molecule has 3 aromatic carbocycles. The lowest BCUT2D eigenvalue weighted by Crippen LogP contribution is -2.36. The molecule has 0 saturated heterocycles. The zero-order valence-electron chi connectivity index (χ0n) is 34.1. The fourth-order valence-corrected chi connectivity index (χ4v) is 6.85. The van der Waals surface area contributed by atoms with Crippen molar-refractivity contribution in [3.63, 3.8) is 0 Å². The number of aliphatic carboxylic acids is 1. The number of carbonyl (C=O) groups is 4. The van der Waals surface area contributed by atoms with Gasteiger partial charge in [0.2, 0.25) is 11.1 Å². The third-order valence-corrected chi connectivity index (χ3v) is 9.83. The highest BCUT2D eigenvalue weighted by molar-refractivity contribution is 6.26. The maximum atomic E-state index is 12.8. The number of carboxylic acid groups (broad SMARTS) is 1. The Morgan fingerprint density at radius 2 is 1.56 bits per heavy atom. The number of rotatable bonds is 10. The minimum atomic E-state index is -1.44. The molecular weight excluding hydrogens is 761 g/mol. The summed E-state index contributed by atoms with van der Waals surface area (Å²) in [5.74, 6) is -1.05. The van der Waals surface area contributed by atoms with Crippen LogP contribution < -0.4 is 43.9 Å². The first kappa shape index (κ1) is 42.0. The highest BCUT2D eigenvalue weighted by Crippen LogP contribution is 2.48. The Morgan fingerprint density at radius 1 is 0.847 bits per heavy atom. The summed E-state index contributed by atoms with van der Waals surface area (Å²) in [7, 11) is 9.05. The van der Waals surface area contributed by atoms with Crippen molar-refractivity contribution in [2.45, 2.75) is 6.92 Å². The molecule has 15 heteroatoms. The molecule has 0 aromatic heterocycles. The number of benzene rings is 4. The Kier molecular flexibility index (Phi) is 13.4. The normalized spacial score (nSPS) is 13.5. The summed E-state index contributed by atoms with van der Waals surface area (Å²) >= 11 is 0. The second kappa shape index (κ2) is 18.8. The van der Waals surface area contributed by atoms with E-state index in [4.69, 9.17) is 28.1 Å². The van der Waals surface area contributed by atoms with Gasteiger partial charge < -0.3 is 52.7 Å². The van der Waals surface area contributed by atoms with Crippen LogP contribution in [0.2, 0.25) is 0 Å². The number of anilines is 3. The average Bonchev–Trinajstić information content (AvgIpc) is 3.22. The van der Waals surface area contributed by atoms with Gasteiger partial charge in [-0.15, -0.1) is 0 Å². The molecule has 0 unspecified atom stereocenters. The van der Waals surface area contributed by atoms with Crippen molar-refractivity contribution >= 4 is 52.0 Å². The molecule has 1 aliphatic carbocycles. The minimum Gasteiger partial charge on any atom is -0.546 e. The predicted molar refractivity (Wildman–Crippen MR) is 221 cm³/mol. The lowest BCUT2D eigenvalue weighted by Gasteiger charge is -2.28. The summed E-state index contributed by atoms with van der Waals surface area (Å²) < 4.78 is 38.3. The average molecular weight is 809 g/mol. The lowest BCUT2D eigenvalue weighted by atomic mass is 9.92. The number of nitrogens with zero attached hydrogens (tertiary/aromatic N) is 4. The van der Waals surface area contributed by atoms with E-state index in [0.717, 1.165) is 16.6 Å². The van der Waals surface area contributed by atoms with Gasteiger partial charge in [0.15, 0.2) is 6.29 Å². The fourth-order valence-electron chi connectivity index (χ4n) is 6.85. The van der Waals surface area contributed by atoms with Crippen molar-refractivity contribution in [1.82, 2.24) is 4.58 Å². The van der Waals surface area contributed by atoms with Crippen LogP contribution in [0.5, 0.6) is 17.2 Å². The number of hydrogen-bond donors (Lipinski definition) is 0. The van der Waals surface area contributed by atoms with Gasteiger partial charge in [0.1, 0.15) is 69.1 Å². The number of carbonyl (C=O) groups excluding carboxylic acids is 4. The molecule has 0 radical (unpaired) electrons. The Hall–Kier alpha value is -6.61. The molecule has 3 aliphatic rings. The smallest absolute Gasteiger partial charge is 0.325 e. The van der Waals surface area contributed by atoms with Crippen molar-refractivity contribution < 1.29 is 52.4 Å². The largest absolute Gasteiger partial charge is 0.546 e. The highest BCUT2D eigenvalue weighted by atomic mass is 16.5. The first-order valence-electron chi connectivity index (χ1n) is 19.0. The van der Waals surface area contributed by atoms with E-state index in [2.05, 4.69) is 0 Å². The number of aldehydes is 1. The van der Waals surface area contributed by atoms with Crippen molar-refractivity contribution in [3.8, 4) is 39.7 Å². The summed E-state index contributed by atoms with van der Waals surface area (Å²) in [6, 6.07) is 20.6. The number of carboxylic acids is 1. The SMILES string of the molecule is COC(=O)CN1CCOCCN(CC(=O)C=O)c2cc(OCC(=O)[O-])c(-c3c4ccc(=[N+](C)C)cc-4oc4cc(N(C)C)ccc34)cc2OCCOc2cc(C)ccc21. The monoisotopic (exact) mass is 808 g/mol. The van der Waals surface area contributed by atoms with Crippen molar-refractivity contribution in [2.75, 3.05) is 109 Å². The number of fused-ring (bicyclic) bond motifs is 4. The van der Waals surface area contributed by atoms with E-state index in [1.165, 1.54) is 7.11 Å². The molecule has 0 amide bonds. The van der Waals surface area contributed by atoms with Crippen molar-refractivity contribution in [3.05, 3.63) is 77.7 Å². The van der Waals surface area contributed by atoms with E-state index in [0.29, 0.717) is 62.8 Å². The van der Waals surface area contributed by atoms with Gasteiger partial charge in [0.05, 0.1) is 50.3 Å². The van der Waals surface area contributed by atoms with Gasteiger partial charge in [-0.25, -0.2) is 4.58 Å². The molecule has 15 nitrogen and oxygen atoms in total. The van der Waals surface area contributed by atoms with E-state index in [1.54, 1.807) is 21.9 Å². The molecular formula is C44H48N4O11. The van der Waals surface area contributed by atoms with Crippen LogP contribution in [-0.4, -0.2) is 119 Å². The van der Waals surface area contributed by atoms with Gasteiger partial charge in [-0.05, 0) is 48.9 Å². The molecule has 0 atom stereocenters.